The van der Waals surface area contributed by atoms with Gasteiger partial charge in [0.05, 0.1) is 6.26 Å². The zero-order valence-electron chi connectivity index (χ0n) is 8.34. The van der Waals surface area contributed by atoms with Gasteiger partial charge in [-0.1, -0.05) is 19.4 Å². The molecule has 0 amide bonds. The zero-order valence-corrected chi connectivity index (χ0v) is 8.34. The summed E-state index contributed by atoms with van der Waals surface area (Å²) in [6, 6.07) is 3.88. The molecule has 0 bridgehead atoms. The minimum Gasteiger partial charge on any atom is -0.465 e. The van der Waals surface area contributed by atoms with Crippen molar-refractivity contribution in [1.82, 2.24) is 5.32 Å². The quantitative estimate of drug-likeness (QED) is 0.751. The van der Waals surface area contributed by atoms with Crippen LogP contribution in [-0.4, -0.2) is 13.1 Å². The maximum Gasteiger partial charge on any atom is 0.126 e. The van der Waals surface area contributed by atoms with Crippen LogP contribution < -0.4 is 5.32 Å². The van der Waals surface area contributed by atoms with Crippen molar-refractivity contribution in [2.75, 3.05) is 13.1 Å². The molecule has 1 heterocycles. The van der Waals surface area contributed by atoms with Crippen LogP contribution in [0.2, 0.25) is 0 Å². The Bertz CT molecular complexity index is 249. The Morgan fingerprint density at radius 1 is 1.54 bits per heavy atom. The van der Waals surface area contributed by atoms with Gasteiger partial charge in [0.15, 0.2) is 0 Å². The van der Waals surface area contributed by atoms with Gasteiger partial charge in [-0.3, -0.25) is 0 Å². The van der Waals surface area contributed by atoms with Crippen molar-refractivity contribution in [2.24, 2.45) is 0 Å². The normalized spacial score (nSPS) is 12.0. The molecule has 0 aliphatic carbocycles. The highest BCUT2D eigenvalue weighted by Crippen LogP contribution is 2.09. The average Bonchev–Trinajstić information content (AvgIpc) is 2.64. The molecule has 13 heavy (non-hydrogen) atoms. The van der Waals surface area contributed by atoms with Crippen LogP contribution in [0.25, 0.3) is 6.08 Å². The molecule has 0 fully saturated rings. The second kappa shape index (κ2) is 5.60. The first kappa shape index (κ1) is 10.1. The van der Waals surface area contributed by atoms with E-state index < -0.39 is 0 Å². The van der Waals surface area contributed by atoms with Crippen LogP contribution in [0.3, 0.4) is 0 Å². The Morgan fingerprint density at radius 2 is 2.38 bits per heavy atom. The van der Waals surface area contributed by atoms with Gasteiger partial charge in [0.25, 0.3) is 0 Å². The molecule has 0 aromatic carbocycles. The highest BCUT2D eigenvalue weighted by molar-refractivity contribution is 5.47. The Balaban J connectivity index is 2.55. The largest absolute Gasteiger partial charge is 0.465 e. The maximum atomic E-state index is 5.24. The summed E-state index contributed by atoms with van der Waals surface area (Å²) < 4.78 is 5.24. The maximum absolute atomic E-state index is 5.24. The second-order valence-electron chi connectivity index (χ2n) is 2.95. The van der Waals surface area contributed by atoms with Crippen LogP contribution >= 0.6 is 0 Å². The van der Waals surface area contributed by atoms with Crippen molar-refractivity contribution in [2.45, 2.75) is 20.3 Å². The van der Waals surface area contributed by atoms with Crippen molar-refractivity contribution < 1.29 is 4.42 Å². The Hall–Kier alpha value is -1.02. The van der Waals surface area contributed by atoms with Gasteiger partial charge in [0, 0.05) is 6.54 Å². The fourth-order valence-corrected chi connectivity index (χ4v) is 1.14. The highest BCUT2D eigenvalue weighted by atomic mass is 16.3. The molecule has 2 nitrogen and oxygen atoms in total. The lowest BCUT2D eigenvalue weighted by molar-refractivity contribution is 0.556. The number of nitrogens with one attached hydrogen (secondary N) is 1. The lowest BCUT2D eigenvalue weighted by Gasteiger charge is -2.03. The predicted molar refractivity (Wildman–Crippen MR) is 55.5 cm³/mol. The van der Waals surface area contributed by atoms with E-state index in [2.05, 4.69) is 25.2 Å². The van der Waals surface area contributed by atoms with Gasteiger partial charge in [-0.25, -0.2) is 0 Å². The Labute approximate surface area is 79.6 Å². The highest BCUT2D eigenvalue weighted by Gasteiger charge is 1.95. The van der Waals surface area contributed by atoms with Crippen molar-refractivity contribution in [3.05, 3.63) is 29.7 Å². The van der Waals surface area contributed by atoms with Crippen LogP contribution in [0.15, 0.2) is 28.4 Å². The van der Waals surface area contributed by atoms with Gasteiger partial charge < -0.3 is 9.73 Å². The van der Waals surface area contributed by atoms with E-state index in [-0.39, 0.29) is 0 Å². The summed E-state index contributed by atoms with van der Waals surface area (Å²) in [5.41, 5.74) is 1.37. The molecule has 0 aliphatic rings. The number of rotatable bonds is 5. The molecule has 2 heteroatoms. The fraction of sp³-hybridized carbons (Fsp3) is 0.455. The molecule has 1 rings (SSSR count). The van der Waals surface area contributed by atoms with Crippen molar-refractivity contribution >= 4 is 6.08 Å². The standard InChI is InChI=1S/C11H17NO/c1-3-10(9-12-4-2)8-11-6-5-7-13-11/h5-8,12H,3-4,9H2,1-2H3. The minimum atomic E-state index is 0.940. The molecule has 0 saturated heterocycles. The Morgan fingerprint density at radius 3 is 2.92 bits per heavy atom. The van der Waals surface area contributed by atoms with Crippen molar-refractivity contribution in [3.63, 3.8) is 0 Å². The first-order chi connectivity index (χ1) is 6.36. The molecule has 72 valence electrons. The number of furan rings is 1. The van der Waals surface area contributed by atoms with Crippen LogP contribution in [0.5, 0.6) is 0 Å². The minimum absolute atomic E-state index is 0.940. The topological polar surface area (TPSA) is 25.2 Å². The van der Waals surface area contributed by atoms with Gasteiger partial charge in [-0.2, -0.15) is 0 Å². The smallest absolute Gasteiger partial charge is 0.126 e. The van der Waals surface area contributed by atoms with Gasteiger partial charge in [0.2, 0.25) is 0 Å². The van der Waals surface area contributed by atoms with E-state index in [4.69, 9.17) is 4.42 Å². The molecule has 0 saturated carbocycles. The lowest BCUT2D eigenvalue weighted by Crippen LogP contribution is -2.15. The van der Waals surface area contributed by atoms with Crippen molar-refractivity contribution in [3.8, 4) is 0 Å². The van der Waals surface area contributed by atoms with Crippen LogP contribution in [-0.2, 0) is 0 Å². The monoisotopic (exact) mass is 179 g/mol. The van der Waals surface area contributed by atoms with Crippen LogP contribution in [0.1, 0.15) is 26.0 Å². The first-order valence-corrected chi connectivity index (χ1v) is 4.80. The number of likely N-dealkylation sites (N-methyl/N-ethyl adjacent to an activating group) is 1. The summed E-state index contributed by atoms with van der Waals surface area (Å²) in [5.74, 6) is 0.940. The van der Waals surface area contributed by atoms with E-state index in [1.54, 1.807) is 6.26 Å². The summed E-state index contributed by atoms with van der Waals surface area (Å²) in [6.45, 7) is 6.23. The molecule has 0 aliphatic heterocycles. The summed E-state index contributed by atoms with van der Waals surface area (Å²) in [4.78, 5) is 0. The molecule has 1 N–H and O–H groups in total. The SMILES string of the molecule is CCNCC(=Cc1ccco1)CC. The number of hydrogen-bond donors (Lipinski definition) is 1. The summed E-state index contributed by atoms with van der Waals surface area (Å²) in [6.07, 6.45) is 4.86. The molecule has 1 aromatic rings. The third-order valence-electron chi connectivity index (χ3n) is 1.95. The van der Waals surface area contributed by atoms with E-state index in [0.717, 1.165) is 25.3 Å². The number of hydrogen-bond acceptors (Lipinski definition) is 2. The average molecular weight is 179 g/mol. The molecular weight excluding hydrogens is 162 g/mol. The van der Waals surface area contributed by atoms with E-state index in [0.29, 0.717) is 0 Å². The van der Waals surface area contributed by atoms with Crippen LogP contribution in [0.4, 0.5) is 0 Å². The fourth-order valence-electron chi connectivity index (χ4n) is 1.14. The van der Waals surface area contributed by atoms with Crippen molar-refractivity contribution in [1.29, 1.82) is 0 Å². The summed E-state index contributed by atoms with van der Waals surface area (Å²) in [7, 11) is 0. The van der Waals surface area contributed by atoms with E-state index >= 15 is 0 Å². The summed E-state index contributed by atoms with van der Waals surface area (Å²) >= 11 is 0. The molecule has 0 radical (unpaired) electrons. The van der Waals surface area contributed by atoms with Gasteiger partial charge in [0.1, 0.15) is 5.76 Å². The molecule has 0 atom stereocenters. The predicted octanol–water partition coefficient (Wildman–Crippen LogP) is 2.68. The molecule has 0 spiro atoms. The van der Waals surface area contributed by atoms with Crippen LogP contribution in [0, 0.1) is 0 Å². The second-order valence-corrected chi connectivity index (χ2v) is 2.95. The third-order valence-corrected chi connectivity index (χ3v) is 1.95. The van der Waals surface area contributed by atoms with Gasteiger partial charge >= 0.3 is 0 Å². The first-order valence-electron chi connectivity index (χ1n) is 4.80. The van der Waals surface area contributed by atoms with E-state index in [1.165, 1.54) is 5.57 Å². The zero-order chi connectivity index (χ0) is 9.52. The third kappa shape index (κ3) is 3.47. The van der Waals surface area contributed by atoms with Gasteiger partial charge in [-0.05, 0) is 31.2 Å². The Kier molecular flexibility index (Phi) is 4.33. The summed E-state index contributed by atoms with van der Waals surface area (Å²) in [5, 5.41) is 3.30. The van der Waals surface area contributed by atoms with Gasteiger partial charge in [-0.15, -0.1) is 0 Å². The molecule has 1 aromatic heterocycles. The molecule has 0 unspecified atom stereocenters. The lowest BCUT2D eigenvalue weighted by atomic mass is 10.2. The van der Waals surface area contributed by atoms with E-state index in [9.17, 15) is 0 Å². The molecular formula is C11H17NO. The van der Waals surface area contributed by atoms with E-state index in [1.807, 2.05) is 12.1 Å².